The molecule has 0 bridgehead atoms. The number of rotatable bonds is 3. The lowest BCUT2D eigenvalue weighted by atomic mass is 9.93. The molecule has 2 aliphatic heterocycles. The van der Waals surface area contributed by atoms with E-state index in [2.05, 4.69) is 20.2 Å². The Hall–Kier alpha value is -1.60. The van der Waals surface area contributed by atoms with E-state index in [1.165, 1.54) is 0 Å². The number of piperazine rings is 1. The zero-order chi connectivity index (χ0) is 18.6. The minimum atomic E-state index is -0.00188. The van der Waals surface area contributed by atoms with Crippen LogP contribution in [0.25, 0.3) is 0 Å². The van der Waals surface area contributed by atoms with Crippen LogP contribution in [-0.4, -0.2) is 53.5 Å². The highest BCUT2D eigenvalue weighted by atomic mass is 35.5. The third-order valence-electron chi connectivity index (χ3n) is 5.51. The number of hydrogen-bond donors (Lipinski definition) is 1. The van der Waals surface area contributed by atoms with Crippen molar-refractivity contribution in [3.8, 4) is 0 Å². The van der Waals surface area contributed by atoms with Gasteiger partial charge in [-0.1, -0.05) is 29.8 Å². The number of nitrogens with zero attached hydrogens (tertiary/aromatic N) is 4. The van der Waals surface area contributed by atoms with E-state index in [0.29, 0.717) is 0 Å². The minimum absolute atomic E-state index is 0. The topological polar surface area (TPSA) is 61.4 Å². The first-order chi connectivity index (χ1) is 13.2. The maximum Gasteiger partial charge on any atom is 0.226 e. The van der Waals surface area contributed by atoms with Crippen molar-refractivity contribution in [2.24, 2.45) is 5.92 Å². The normalized spacial score (nSPS) is 19.8. The summed E-state index contributed by atoms with van der Waals surface area (Å²) in [5.41, 5.74) is 1.02. The average molecular weight is 459 g/mol. The van der Waals surface area contributed by atoms with Crippen LogP contribution < -0.4 is 10.2 Å². The fraction of sp³-hybridized carbons (Fsp3) is 0.450. The third-order valence-corrected chi connectivity index (χ3v) is 5.85. The molecule has 0 saturated carbocycles. The standard InChI is InChI=1S/C20H24ClN5O.2ClH/c21-17-4-2-1-3-16(17)18-13-23-9-12-26(18)20(27)15-5-10-25(11-6-15)19-14-22-7-8-24-19;;/h1-4,7-8,14-15,18,23H,5-6,9-13H2;2*1H. The van der Waals surface area contributed by atoms with Crippen LogP contribution in [-0.2, 0) is 4.79 Å². The van der Waals surface area contributed by atoms with Crippen molar-refractivity contribution in [1.29, 1.82) is 0 Å². The molecule has 6 nitrogen and oxygen atoms in total. The predicted octanol–water partition coefficient (Wildman–Crippen LogP) is 3.36. The first-order valence-corrected chi connectivity index (χ1v) is 9.88. The summed E-state index contributed by atoms with van der Waals surface area (Å²) in [6.45, 7) is 3.95. The summed E-state index contributed by atoms with van der Waals surface area (Å²) in [6.07, 6.45) is 6.86. The van der Waals surface area contributed by atoms with Crippen LogP contribution in [0.2, 0.25) is 5.02 Å². The van der Waals surface area contributed by atoms with E-state index < -0.39 is 0 Å². The lowest BCUT2D eigenvalue weighted by molar-refractivity contribution is -0.139. The highest BCUT2D eigenvalue weighted by Crippen LogP contribution is 2.31. The van der Waals surface area contributed by atoms with Gasteiger partial charge in [0, 0.05) is 56.1 Å². The quantitative estimate of drug-likeness (QED) is 0.764. The van der Waals surface area contributed by atoms with Gasteiger partial charge in [0.15, 0.2) is 0 Å². The molecule has 29 heavy (non-hydrogen) atoms. The molecule has 158 valence electrons. The lowest BCUT2D eigenvalue weighted by Gasteiger charge is -2.40. The Morgan fingerprint density at radius 2 is 1.86 bits per heavy atom. The molecule has 1 aromatic heterocycles. The number of carbonyl (C=O) groups is 1. The average Bonchev–Trinajstić information content (AvgIpc) is 2.74. The SMILES string of the molecule is Cl.Cl.O=C(C1CCN(c2cnccn2)CC1)N1CCNCC1c1ccccc1Cl. The predicted molar refractivity (Wildman–Crippen MR) is 120 cm³/mol. The van der Waals surface area contributed by atoms with Crippen molar-refractivity contribution < 1.29 is 4.79 Å². The van der Waals surface area contributed by atoms with E-state index >= 15 is 0 Å². The van der Waals surface area contributed by atoms with Gasteiger partial charge in [0.25, 0.3) is 0 Å². The lowest BCUT2D eigenvalue weighted by Crippen LogP contribution is -2.52. The van der Waals surface area contributed by atoms with Gasteiger partial charge in [-0.15, -0.1) is 24.8 Å². The number of carbonyl (C=O) groups excluding carboxylic acids is 1. The van der Waals surface area contributed by atoms with Crippen molar-refractivity contribution in [2.75, 3.05) is 37.6 Å². The van der Waals surface area contributed by atoms with Crippen LogP contribution >= 0.6 is 36.4 Å². The van der Waals surface area contributed by atoms with Gasteiger partial charge < -0.3 is 15.1 Å². The van der Waals surface area contributed by atoms with Gasteiger partial charge in [-0.3, -0.25) is 9.78 Å². The molecule has 1 unspecified atom stereocenters. The van der Waals surface area contributed by atoms with Crippen molar-refractivity contribution in [1.82, 2.24) is 20.2 Å². The number of piperidine rings is 1. The first-order valence-electron chi connectivity index (χ1n) is 9.50. The Balaban J connectivity index is 0.00000150. The Bertz CT molecular complexity index is 787. The van der Waals surface area contributed by atoms with E-state index in [0.717, 1.165) is 62.0 Å². The van der Waals surface area contributed by atoms with Crippen molar-refractivity contribution in [3.63, 3.8) is 0 Å². The van der Waals surface area contributed by atoms with Gasteiger partial charge in [-0.2, -0.15) is 0 Å². The number of halogens is 3. The van der Waals surface area contributed by atoms with Crippen molar-refractivity contribution in [2.45, 2.75) is 18.9 Å². The van der Waals surface area contributed by atoms with Crippen LogP contribution in [0.4, 0.5) is 5.82 Å². The molecular formula is C20H26Cl3N5O. The van der Waals surface area contributed by atoms with Crippen LogP contribution in [0.3, 0.4) is 0 Å². The monoisotopic (exact) mass is 457 g/mol. The molecular weight excluding hydrogens is 433 g/mol. The van der Waals surface area contributed by atoms with Gasteiger partial charge in [0.1, 0.15) is 5.82 Å². The van der Waals surface area contributed by atoms with Gasteiger partial charge in [-0.25, -0.2) is 4.98 Å². The maximum atomic E-state index is 13.3. The Kier molecular flexibility index (Phi) is 8.96. The minimum Gasteiger partial charge on any atom is -0.355 e. The molecule has 1 N–H and O–H groups in total. The molecule has 1 aromatic carbocycles. The summed E-state index contributed by atoms with van der Waals surface area (Å²) in [6, 6.07) is 7.83. The molecule has 2 aromatic rings. The largest absolute Gasteiger partial charge is 0.355 e. The molecule has 2 fully saturated rings. The Labute approximate surface area is 188 Å². The number of hydrogen-bond acceptors (Lipinski definition) is 5. The summed E-state index contributed by atoms with van der Waals surface area (Å²) in [5, 5.41) is 4.12. The van der Waals surface area contributed by atoms with Gasteiger partial charge in [0.05, 0.1) is 12.2 Å². The summed E-state index contributed by atoms with van der Waals surface area (Å²) in [4.78, 5) is 26.0. The van der Waals surface area contributed by atoms with Gasteiger partial charge >= 0.3 is 0 Å². The number of aromatic nitrogens is 2. The third kappa shape index (κ3) is 5.31. The smallest absolute Gasteiger partial charge is 0.226 e. The highest BCUT2D eigenvalue weighted by Gasteiger charge is 2.34. The second-order valence-corrected chi connectivity index (χ2v) is 7.51. The van der Waals surface area contributed by atoms with Gasteiger partial charge in [0.2, 0.25) is 5.91 Å². The van der Waals surface area contributed by atoms with E-state index in [1.807, 2.05) is 29.2 Å². The molecule has 3 heterocycles. The molecule has 9 heteroatoms. The Morgan fingerprint density at radius 3 is 2.55 bits per heavy atom. The van der Waals surface area contributed by atoms with Crippen LogP contribution in [0.5, 0.6) is 0 Å². The van der Waals surface area contributed by atoms with Crippen LogP contribution in [0.1, 0.15) is 24.4 Å². The second kappa shape index (κ2) is 11.0. The first kappa shape index (κ1) is 23.7. The van der Waals surface area contributed by atoms with Crippen LogP contribution in [0, 0.1) is 5.92 Å². The van der Waals surface area contributed by atoms with Crippen molar-refractivity contribution >= 4 is 48.1 Å². The molecule has 0 radical (unpaired) electrons. The molecule has 1 atom stereocenters. The summed E-state index contributed by atoms with van der Waals surface area (Å²) in [7, 11) is 0. The number of benzene rings is 1. The summed E-state index contributed by atoms with van der Waals surface area (Å²) < 4.78 is 0. The van der Waals surface area contributed by atoms with Crippen molar-refractivity contribution in [3.05, 3.63) is 53.4 Å². The molecule has 1 amide bonds. The Morgan fingerprint density at radius 1 is 1.10 bits per heavy atom. The fourth-order valence-electron chi connectivity index (χ4n) is 4.04. The zero-order valence-corrected chi connectivity index (χ0v) is 18.4. The fourth-order valence-corrected chi connectivity index (χ4v) is 4.30. The number of anilines is 1. The number of amides is 1. The van der Waals surface area contributed by atoms with E-state index in [1.54, 1.807) is 18.6 Å². The zero-order valence-electron chi connectivity index (χ0n) is 16.0. The van der Waals surface area contributed by atoms with Gasteiger partial charge in [-0.05, 0) is 24.5 Å². The molecule has 2 saturated heterocycles. The van der Waals surface area contributed by atoms with Crippen LogP contribution in [0.15, 0.2) is 42.9 Å². The van der Waals surface area contributed by atoms with E-state index in [9.17, 15) is 4.79 Å². The van der Waals surface area contributed by atoms with E-state index in [-0.39, 0.29) is 42.7 Å². The summed E-state index contributed by atoms with van der Waals surface area (Å²) in [5.74, 6) is 1.20. The summed E-state index contributed by atoms with van der Waals surface area (Å²) >= 11 is 6.42. The molecule has 0 aliphatic carbocycles. The van der Waals surface area contributed by atoms with E-state index in [4.69, 9.17) is 11.6 Å². The maximum absolute atomic E-state index is 13.3. The second-order valence-electron chi connectivity index (χ2n) is 7.10. The number of nitrogens with one attached hydrogen (secondary N) is 1. The molecule has 0 spiro atoms. The highest BCUT2D eigenvalue weighted by molar-refractivity contribution is 6.31. The molecule has 2 aliphatic rings. The molecule has 4 rings (SSSR count).